The normalized spacial score (nSPS) is 10.5. The van der Waals surface area contributed by atoms with Crippen LogP contribution in [0.3, 0.4) is 0 Å². The Morgan fingerprint density at radius 3 is 2.82 bits per heavy atom. The van der Waals surface area contributed by atoms with E-state index in [0.717, 1.165) is 15.6 Å². The summed E-state index contributed by atoms with van der Waals surface area (Å²) < 4.78 is 5.61. The molecule has 0 saturated carbocycles. The second kappa shape index (κ2) is 5.49. The van der Waals surface area contributed by atoms with Gasteiger partial charge in [0.25, 0.3) is 0 Å². The first-order valence-corrected chi connectivity index (χ1v) is 6.42. The van der Waals surface area contributed by atoms with Crippen molar-refractivity contribution in [2.75, 3.05) is 0 Å². The molecule has 2 rings (SSSR count). The maximum Gasteiger partial charge on any atom is 0.140 e. The standard InChI is InChI=1S/C12H13ClN2OS/c1-8-11(6-14)17-12(15-8)7-16-10-5-3-2-4-9(10)13/h2-5H,6-7,14H2,1H3. The largest absolute Gasteiger partial charge is 0.485 e. The predicted octanol–water partition coefficient (Wildman–Crippen LogP) is 3.14. The molecule has 0 amide bonds. The number of ether oxygens (including phenoxy) is 1. The second-order valence-electron chi connectivity index (χ2n) is 3.54. The summed E-state index contributed by atoms with van der Waals surface area (Å²) in [6.07, 6.45) is 0. The molecule has 0 spiro atoms. The molecule has 2 aromatic rings. The minimum atomic E-state index is 0.426. The number of halogens is 1. The van der Waals surface area contributed by atoms with Crippen molar-refractivity contribution in [2.45, 2.75) is 20.1 Å². The van der Waals surface area contributed by atoms with Gasteiger partial charge in [0, 0.05) is 11.4 Å². The minimum absolute atomic E-state index is 0.426. The highest BCUT2D eigenvalue weighted by Gasteiger charge is 2.07. The zero-order valence-corrected chi connectivity index (χ0v) is 11.0. The van der Waals surface area contributed by atoms with Gasteiger partial charge in [0.2, 0.25) is 0 Å². The Labute approximate surface area is 109 Å². The van der Waals surface area contributed by atoms with Gasteiger partial charge in [-0.25, -0.2) is 4.98 Å². The first-order chi connectivity index (χ1) is 8.20. The summed E-state index contributed by atoms with van der Waals surface area (Å²) in [5.74, 6) is 0.677. The topological polar surface area (TPSA) is 48.1 Å². The molecule has 90 valence electrons. The van der Waals surface area contributed by atoms with Crippen LogP contribution in [-0.4, -0.2) is 4.98 Å². The van der Waals surface area contributed by atoms with Crippen LogP contribution in [0.4, 0.5) is 0 Å². The predicted molar refractivity (Wildman–Crippen MR) is 70.5 cm³/mol. The maximum absolute atomic E-state index is 5.99. The fourth-order valence-corrected chi connectivity index (χ4v) is 2.49. The smallest absolute Gasteiger partial charge is 0.140 e. The van der Waals surface area contributed by atoms with Gasteiger partial charge in [0.15, 0.2) is 0 Å². The van der Waals surface area contributed by atoms with Crippen molar-refractivity contribution in [3.05, 3.63) is 44.9 Å². The average Bonchev–Trinajstić information content (AvgIpc) is 2.69. The summed E-state index contributed by atoms with van der Waals surface area (Å²) in [6.45, 7) is 2.91. The fourth-order valence-electron chi connectivity index (χ4n) is 1.44. The molecule has 1 aromatic carbocycles. The Kier molecular flexibility index (Phi) is 3.99. The van der Waals surface area contributed by atoms with Crippen LogP contribution in [0.2, 0.25) is 5.02 Å². The molecule has 0 unspecified atom stereocenters. The van der Waals surface area contributed by atoms with E-state index in [0.29, 0.717) is 23.9 Å². The van der Waals surface area contributed by atoms with Crippen LogP contribution in [0.1, 0.15) is 15.6 Å². The van der Waals surface area contributed by atoms with Crippen LogP contribution in [0, 0.1) is 6.92 Å². The number of hydrogen-bond donors (Lipinski definition) is 1. The van der Waals surface area contributed by atoms with Crippen molar-refractivity contribution in [1.29, 1.82) is 0 Å². The van der Waals surface area contributed by atoms with E-state index in [9.17, 15) is 0 Å². The summed E-state index contributed by atoms with van der Waals surface area (Å²) in [7, 11) is 0. The number of nitrogens with zero attached hydrogens (tertiary/aromatic N) is 1. The fraction of sp³-hybridized carbons (Fsp3) is 0.250. The van der Waals surface area contributed by atoms with E-state index in [1.54, 1.807) is 17.4 Å². The zero-order chi connectivity index (χ0) is 12.3. The molecule has 0 saturated heterocycles. The Hall–Kier alpha value is -1.10. The van der Waals surface area contributed by atoms with E-state index in [2.05, 4.69) is 4.98 Å². The first kappa shape index (κ1) is 12.4. The number of benzene rings is 1. The van der Waals surface area contributed by atoms with Crippen molar-refractivity contribution in [3.8, 4) is 5.75 Å². The van der Waals surface area contributed by atoms with Crippen molar-refractivity contribution < 1.29 is 4.74 Å². The van der Waals surface area contributed by atoms with E-state index in [1.807, 2.05) is 25.1 Å². The Balaban J connectivity index is 2.05. The molecular formula is C12H13ClN2OS. The summed E-state index contributed by atoms with van der Waals surface area (Å²) >= 11 is 7.57. The van der Waals surface area contributed by atoms with E-state index >= 15 is 0 Å². The van der Waals surface area contributed by atoms with E-state index in [1.165, 1.54) is 0 Å². The first-order valence-electron chi connectivity index (χ1n) is 5.23. The summed E-state index contributed by atoms with van der Waals surface area (Å²) in [6, 6.07) is 7.40. The van der Waals surface area contributed by atoms with Gasteiger partial charge in [-0.05, 0) is 19.1 Å². The Morgan fingerprint density at radius 1 is 1.41 bits per heavy atom. The average molecular weight is 269 g/mol. The number of para-hydroxylation sites is 1. The van der Waals surface area contributed by atoms with Gasteiger partial charge in [-0.2, -0.15) is 0 Å². The molecule has 5 heteroatoms. The van der Waals surface area contributed by atoms with Gasteiger partial charge in [-0.3, -0.25) is 0 Å². The SMILES string of the molecule is Cc1nc(COc2ccccc2Cl)sc1CN. The lowest BCUT2D eigenvalue weighted by molar-refractivity contribution is 0.305. The van der Waals surface area contributed by atoms with Crippen LogP contribution >= 0.6 is 22.9 Å². The van der Waals surface area contributed by atoms with Gasteiger partial charge >= 0.3 is 0 Å². The van der Waals surface area contributed by atoms with Crippen LogP contribution in [0.25, 0.3) is 0 Å². The lowest BCUT2D eigenvalue weighted by Gasteiger charge is -2.05. The van der Waals surface area contributed by atoms with E-state index in [-0.39, 0.29) is 0 Å². The van der Waals surface area contributed by atoms with Crippen LogP contribution in [0.5, 0.6) is 5.75 Å². The molecule has 1 aromatic heterocycles. The molecule has 0 atom stereocenters. The molecule has 0 aliphatic rings. The van der Waals surface area contributed by atoms with Crippen LogP contribution in [0.15, 0.2) is 24.3 Å². The molecule has 0 aliphatic heterocycles. The van der Waals surface area contributed by atoms with Gasteiger partial charge in [0.1, 0.15) is 17.4 Å². The highest BCUT2D eigenvalue weighted by molar-refractivity contribution is 7.11. The second-order valence-corrected chi connectivity index (χ2v) is 5.11. The Bertz CT molecular complexity index is 513. The van der Waals surface area contributed by atoms with E-state index < -0.39 is 0 Å². The van der Waals surface area contributed by atoms with Gasteiger partial charge in [0.05, 0.1) is 10.7 Å². The number of aryl methyl sites for hydroxylation is 1. The lowest BCUT2D eigenvalue weighted by atomic mass is 10.3. The monoisotopic (exact) mass is 268 g/mol. The number of hydrogen-bond acceptors (Lipinski definition) is 4. The quantitative estimate of drug-likeness (QED) is 0.927. The van der Waals surface area contributed by atoms with E-state index in [4.69, 9.17) is 22.1 Å². The minimum Gasteiger partial charge on any atom is -0.485 e. The maximum atomic E-state index is 5.99. The summed E-state index contributed by atoms with van der Waals surface area (Å²) in [4.78, 5) is 5.50. The van der Waals surface area contributed by atoms with Crippen molar-refractivity contribution in [1.82, 2.24) is 4.98 Å². The van der Waals surface area contributed by atoms with Crippen LogP contribution < -0.4 is 10.5 Å². The third kappa shape index (κ3) is 2.97. The third-order valence-corrected chi connectivity index (χ3v) is 3.78. The highest BCUT2D eigenvalue weighted by atomic mass is 35.5. The van der Waals surface area contributed by atoms with Gasteiger partial charge in [-0.15, -0.1) is 11.3 Å². The molecule has 0 bridgehead atoms. The number of nitrogens with two attached hydrogens (primary N) is 1. The summed E-state index contributed by atoms with van der Waals surface area (Å²) in [5, 5.41) is 1.53. The van der Waals surface area contributed by atoms with Crippen molar-refractivity contribution in [2.24, 2.45) is 5.73 Å². The third-order valence-electron chi connectivity index (χ3n) is 2.31. The van der Waals surface area contributed by atoms with Gasteiger partial charge in [-0.1, -0.05) is 23.7 Å². The molecule has 3 nitrogen and oxygen atoms in total. The molecule has 1 heterocycles. The summed E-state index contributed by atoms with van der Waals surface area (Å²) in [5.41, 5.74) is 6.59. The molecule has 0 fully saturated rings. The lowest BCUT2D eigenvalue weighted by Crippen LogP contribution is -1.95. The van der Waals surface area contributed by atoms with Crippen LogP contribution in [-0.2, 0) is 13.2 Å². The molecule has 0 radical (unpaired) electrons. The Morgan fingerprint density at radius 2 is 2.18 bits per heavy atom. The van der Waals surface area contributed by atoms with Crippen molar-refractivity contribution >= 4 is 22.9 Å². The molecular weight excluding hydrogens is 256 g/mol. The molecule has 0 aliphatic carbocycles. The highest BCUT2D eigenvalue weighted by Crippen LogP contribution is 2.25. The zero-order valence-electron chi connectivity index (χ0n) is 9.44. The molecule has 2 N–H and O–H groups in total. The van der Waals surface area contributed by atoms with Gasteiger partial charge < -0.3 is 10.5 Å². The number of aromatic nitrogens is 1. The molecule has 17 heavy (non-hydrogen) atoms. The van der Waals surface area contributed by atoms with Crippen molar-refractivity contribution in [3.63, 3.8) is 0 Å². The number of thiazole rings is 1. The number of rotatable bonds is 4.